The molecule has 21 heavy (non-hydrogen) atoms. The lowest BCUT2D eigenvalue weighted by molar-refractivity contribution is 0.182. The Morgan fingerprint density at radius 1 is 1.43 bits per heavy atom. The number of aromatic nitrogens is 2. The van der Waals surface area contributed by atoms with Crippen molar-refractivity contribution in [1.82, 2.24) is 15.1 Å². The smallest absolute Gasteiger partial charge is 0.0759 e. The van der Waals surface area contributed by atoms with Gasteiger partial charge in [0, 0.05) is 7.11 Å². The van der Waals surface area contributed by atoms with Crippen molar-refractivity contribution < 1.29 is 4.74 Å². The van der Waals surface area contributed by atoms with Crippen LogP contribution >= 0.6 is 15.9 Å². The minimum Gasteiger partial charge on any atom is -0.383 e. The molecule has 1 atom stereocenters. The number of nitrogens with one attached hydrogen (secondary N) is 1. The molecular formula is C16H22BrN3O. The van der Waals surface area contributed by atoms with Crippen molar-refractivity contribution >= 4 is 15.9 Å². The average Bonchev–Trinajstić information content (AvgIpc) is 2.83. The van der Waals surface area contributed by atoms with Crippen molar-refractivity contribution in [3.63, 3.8) is 0 Å². The van der Waals surface area contributed by atoms with Crippen LogP contribution in [0.1, 0.15) is 29.8 Å². The Balaban J connectivity index is 2.40. The lowest BCUT2D eigenvalue weighted by atomic mass is 10.0. The molecule has 2 rings (SSSR count). The van der Waals surface area contributed by atoms with Gasteiger partial charge in [-0.3, -0.25) is 4.68 Å². The predicted molar refractivity (Wildman–Crippen MR) is 88.5 cm³/mol. The van der Waals surface area contributed by atoms with Crippen LogP contribution in [0, 0.1) is 6.92 Å². The van der Waals surface area contributed by atoms with Crippen molar-refractivity contribution in [3.05, 3.63) is 51.8 Å². The highest BCUT2D eigenvalue weighted by atomic mass is 79.9. The van der Waals surface area contributed by atoms with Crippen molar-refractivity contribution in [3.8, 4) is 0 Å². The summed E-state index contributed by atoms with van der Waals surface area (Å²) in [6.07, 6.45) is 1.85. The first-order valence-electron chi connectivity index (χ1n) is 7.17. The number of halogens is 1. The van der Waals surface area contributed by atoms with Gasteiger partial charge in [-0.25, -0.2) is 0 Å². The first kappa shape index (κ1) is 16.2. The van der Waals surface area contributed by atoms with E-state index in [1.807, 2.05) is 10.9 Å². The zero-order chi connectivity index (χ0) is 15.2. The molecular weight excluding hydrogens is 330 g/mol. The van der Waals surface area contributed by atoms with Crippen LogP contribution in [0.25, 0.3) is 0 Å². The Morgan fingerprint density at radius 2 is 2.24 bits per heavy atom. The van der Waals surface area contributed by atoms with Crippen molar-refractivity contribution in [2.24, 2.45) is 0 Å². The van der Waals surface area contributed by atoms with Crippen LogP contribution in [0.2, 0.25) is 0 Å². The summed E-state index contributed by atoms with van der Waals surface area (Å²) in [6, 6.07) is 8.69. The molecule has 0 bridgehead atoms. The number of hydrogen-bond donors (Lipinski definition) is 1. The van der Waals surface area contributed by atoms with Crippen LogP contribution in [0.5, 0.6) is 0 Å². The quantitative estimate of drug-likeness (QED) is 0.831. The Kier molecular flexibility index (Phi) is 5.96. The molecule has 0 saturated heterocycles. The van der Waals surface area contributed by atoms with Gasteiger partial charge in [0.1, 0.15) is 0 Å². The molecule has 0 aliphatic carbocycles. The maximum absolute atomic E-state index is 5.18. The Bertz CT molecular complexity index is 583. The van der Waals surface area contributed by atoms with E-state index in [0.717, 1.165) is 23.3 Å². The summed E-state index contributed by atoms with van der Waals surface area (Å²) in [4.78, 5) is 0. The van der Waals surface area contributed by atoms with E-state index >= 15 is 0 Å². The highest BCUT2D eigenvalue weighted by molar-refractivity contribution is 9.10. The first-order chi connectivity index (χ1) is 10.2. The topological polar surface area (TPSA) is 39.1 Å². The number of hydrogen-bond acceptors (Lipinski definition) is 3. The number of rotatable bonds is 7. The molecule has 0 radical (unpaired) electrons. The van der Waals surface area contributed by atoms with Crippen LogP contribution in [0.3, 0.4) is 0 Å². The van der Waals surface area contributed by atoms with E-state index in [-0.39, 0.29) is 6.04 Å². The summed E-state index contributed by atoms with van der Waals surface area (Å²) in [6.45, 7) is 6.51. The van der Waals surface area contributed by atoms with Gasteiger partial charge in [0.15, 0.2) is 0 Å². The van der Waals surface area contributed by atoms with E-state index in [1.165, 1.54) is 11.1 Å². The largest absolute Gasteiger partial charge is 0.383 e. The molecule has 114 valence electrons. The van der Waals surface area contributed by atoms with E-state index in [0.29, 0.717) is 6.61 Å². The molecule has 0 aliphatic rings. The number of methoxy groups -OCH3 is 1. The average molecular weight is 352 g/mol. The number of benzene rings is 1. The second-order valence-corrected chi connectivity index (χ2v) is 5.85. The van der Waals surface area contributed by atoms with Gasteiger partial charge >= 0.3 is 0 Å². The monoisotopic (exact) mass is 351 g/mol. The minimum atomic E-state index is 0.114. The van der Waals surface area contributed by atoms with Crippen LogP contribution in [0.15, 0.2) is 34.9 Å². The zero-order valence-corrected chi connectivity index (χ0v) is 14.4. The molecule has 1 aromatic carbocycles. The molecule has 4 nitrogen and oxygen atoms in total. The van der Waals surface area contributed by atoms with Gasteiger partial charge in [0.25, 0.3) is 0 Å². The molecule has 0 aliphatic heterocycles. The first-order valence-corrected chi connectivity index (χ1v) is 7.96. The maximum Gasteiger partial charge on any atom is 0.0759 e. The lowest BCUT2D eigenvalue weighted by Gasteiger charge is -2.21. The van der Waals surface area contributed by atoms with Gasteiger partial charge in [-0.1, -0.05) is 36.8 Å². The highest BCUT2D eigenvalue weighted by Gasteiger charge is 2.21. The molecule has 0 saturated carbocycles. The van der Waals surface area contributed by atoms with E-state index in [9.17, 15) is 0 Å². The van der Waals surface area contributed by atoms with Gasteiger partial charge < -0.3 is 10.1 Å². The molecule has 0 fully saturated rings. The SMILES string of the molecule is CCNC(c1cccc(C)c1)c1c(Br)cnn1CCOC. The molecule has 0 spiro atoms. The molecule has 1 heterocycles. The molecule has 5 heteroatoms. The van der Waals surface area contributed by atoms with Crippen LogP contribution in [-0.4, -0.2) is 30.0 Å². The zero-order valence-electron chi connectivity index (χ0n) is 12.8. The fourth-order valence-corrected chi connectivity index (χ4v) is 2.97. The van der Waals surface area contributed by atoms with Gasteiger partial charge in [-0.15, -0.1) is 0 Å². The van der Waals surface area contributed by atoms with E-state index in [4.69, 9.17) is 4.74 Å². The fraction of sp³-hybridized carbons (Fsp3) is 0.438. The molecule has 1 N–H and O–H groups in total. The minimum absolute atomic E-state index is 0.114. The van der Waals surface area contributed by atoms with Crippen LogP contribution in [-0.2, 0) is 11.3 Å². The van der Waals surface area contributed by atoms with Crippen LogP contribution < -0.4 is 5.32 Å². The van der Waals surface area contributed by atoms with Gasteiger partial charge in [0.2, 0.25) is 0 Å². The third-order valence-electron chi connectivity index (χ3n) is 3.40. The fourth-order valence-electron chi connectivity index (χ4n) is 2.44. The van der Waals surface area contributed by atoms with E-state index in [2.05, 4.69) is 64.5 Å². The van der Waals surface area contributed by atoms with E-state index < -0.39 is 0 Å². The number of nitrogens with zero attached hydrogens (tertiary/aromatic N) is 2. The van der Waals surface area contributed by atoms with Crippen LogP contribution in [0.4, 0.5) is 0 Å². The van der Waals surface area contributed by atoms with E-state index in [1.54, 1.807) is 7.11 Å². The summed E-state index contributed by atoms with van der Waals surface area (Å²) in [5.41, 5.74) is 3.64. The van der Waals surface area contributed by atoms with Crippen molar-refractivity contribution in [2.75, 3.05) is 20.3 Å². The third kappa shape index (κ3) is 3.93. The second-order valence-electron chi connectivity index (χ2n) is 5.00. The van der Waals surface area contributed by atoms with Gasteiger partial charge in [-0.05, 0) is 35.0 Å². The number of aryl methyl sites for hydroxylation is 1. The summed E-state index contributed by atoms with van der Waals surface area (Å²) in [5, 5.41) is 8.01. The molecule has 2 aromatic rings. The lowest BCUT2D eigenvalue weighted by Crippen LogP contribution is -2.26. The Morgan fingerprint density at radius 3 is 2.90 bits per heavy atom. The Hall–Kier alpha value is -1.17. The van der Waals surface area contributed by atoms with Crippen molar-refractivity contribution in [1.29, 1.82) is 0 Å². The molecule has 1 aromatic heterocycles. The van der Waals surface area contributed by atoms with Gasteiger partial charge in [-0.2, -0.15) is 5.10 Å². The predicted octanol–water partition coefficient (Wildman–Crippen LogP) is 3.30. The summed E-state index contributed by atoms with van der Waals surface area (Å²) in [7, 11) is 1.71. The third-order valence-corrected chi connectivity index (χ3v) is 4.01. The molecule has 0 amide bonds. The maximum atomic E-state index is 5.18. The second kappa shape index (κ2) is 7.73. The van der Waals surface area contributed by atoms with Crippen molar-refractivity contribution in [2.45, 2.75) is 26.4 Å². The summed E-state index contributed by atoms with van der Waals surface area (Å²) < 4.78 is 8.20. The summed E-state index contributed by atoms with van der Waals surface area (Å²) in [5.74, 6) is 0. The molecule has 1 unspecified atom stereocenters. The number of ether oxygens (including phenoxy) is 1. The normalized spacial score (nSPS) is 12.6. The standard InChI is InChI=1S/C16H22BrN3O/c1-4-18-15(13-7-5-6-12(2)10-13)16-14(17)11-19-20(16)8-9-21-3/h5-7,10-11,15,18H,4,8-9H2,1-3H3. The Labute approximate surface area is 134 Å². The highest BCUT2D eigenvalue weighted by Crippen LogP contribution is 2.29. The summed E-state index contributed by atoms with van der Waals surface area (Å²) >= 11 is 3.63. The van der Waals surface area contributed by atoms with Gasteiger partial charge in [0.05, 0.1) is 35.6 Å².